The van der Waals surface area contributed by atoms with Crippen molar-refractivity contribution >= 4 is 0 Å². The van der Waals surface area contributed by atoms with Crippen LogP contribution >= 0.6 is 0 Å². The van der Waals surface area contributed by atoms with E-state index in [1.54, 1.807) is 12.1 Å². The summed E-state index contributed by atoms with van der Waals surface area (Å²) < 4.78 is 33.5. The van der Waals surface area contributed by atoms with Crippen molar-refractivity contribution in [1.82, 2.24) is 0 Å². The molecule has 0 N–H and O–H groups in total. The van der Waals surface area contributed by atoms with Crippen LogP contribution in [0.1, 0.15) is 56.9 Å². The van der Waals surface area contributed by atoms with E-state index in [0.717, 1.165) is 18.8 Å². The standard InChI is InChI=1S/C20H26F2O/c21-19-17(8-4-3-7-15-5-1-2-6-15)11-12-18(20(19)22)23-14-13-16-9-10-16/h3,7,11-12,15-16H,1-2,4-6,8-10,13-14H2/b7-3+. The van der Waals surface area contributed by atoms with Gasteiger partial charge >= 0.3 is 0 Å². The molecule has 0 aliphatic heterocycles. The molecule has 1 aromatic rings. The van der Waals surface area contributed by atoms with Gasteiger partial charge in [0.05, 0.1) is 6.61 Å². The quantitative estimate of drug-likeness (QED) is 0.548. The molecule has 2 aliphatic rings. The van der Waals surface area contributed by atoms with E-state index in [1.807, 2.05) is 0 Å². The van der Waals surface area contributed by atoms with E-state index >= 15 is 0 Å². The van der Waals surface area contributed by atoms with Crippen LogP contribution in [0, 0.1) is 23.5 Å². The summed E-state index contributed by atoms with van der Waals surface area (Å²) in [5, 5.41) is 0. The van der Waals surface area contributed by atoms with Gasteiger partial charge in [0.25, 0.3) is 0 Å². The number of hydrogen-bond donors (Lipinski definition) is 0. The Balaban J connectivity index is 1.49. The van der Waals surface area contributed by atoms with E-state index in [9.17, 15) is 8.78 Å². The Morgan fingerprint density at radius 2 is 1.83 bits per heavy atom. The van der Waals surface area contributed by atoms with Gasteiger partial charge in [-0.25, -0.2) is 4.39 Å². The first kappa shape index (κ1) is 16.5. The molecule has 0 amide bonds. The van der Waals surface area contributed by atoms with Crippen molar-refractivity contribution in [2.24, 2.45) is 11.8 Å². The monoisotopic (exact) mass is 320 g/mol. The molecule has 2 aliphatic carbocycles. The molecule has 3 heteroatoms. The predicted octanol–water partition coefficient (Wildman–Crippen LogP) is 5.82. The first-order valence-electron chi connectivity index (χ1n) is 9.00. The Morgan fingerprint density at radius 3 is 2.57 bits per heavy atom. The lowest BCUT2D eigenvalue weighted by atomic mass is 10.0. The van der Waals surface area contributed by atoms with Crippen molar-refractivity contribution in [2.45, 2.75) is 57.8 Å². The smallest absolute Gasteiger partial charge is 0.200 e. The van der Waals surface area contributed by atoms with E-state index in [0.29, 0.717) is 24.5 Å². The van der Waals surface area contributed by atoms with Crippen molar-refractivity contribution < 1.29 is 13.5 Å². The maximum Gasteiger partial charge on any atom is 0.200 e. The van der Waals surface area contributed by atoms with Crippen LogP contribution < -0.4 is 4.74 Å². The van der Waals surface area contributed by atoms with Crippen LogP contribution in [0.25, 0.3) is 0 Å². The highest BCUT2D eigenvalue weighted by Crippen LogP contribution is 2.33. The maximum absolute atomic E-state index is 14.1. The average molecular weight is 320 g/mol. The molecule has 0 heterocycles. The Labute approximate surface area is 137 Å². The average Bonchev–Trinajstić information content (AvgIpc) is 3.23. The number of aryl methyl sites for hydroxylation is 1. The summed E-state index contributed by atoms with van der Waals surface area (Å²) in [6, 6.07) is 3.23. The fourth-order valence-corrected chi connectivity index (χ4v) is 3.30. The van der Waals surface area contributed by atoms with Crippen LogP contribution in [0.15, 0.2) is 24.3 Å². The number of rotatable bonds is 8. The molecule has 2 saturated carbocycles. The van der Waals surface area contributed by atoms with Gasteiger partial charge in [-0.1, -0.05) is 43.9 Å². The van der Waals surface area contributed by atoms with E-state index in [2.05, 4.69) is 12.2 Å². The van der Waals surface area contributed by atoms with Crippen molar-refractivity contribution in [3.63, 3.8) is 0 Å². The first-order valence-corrected chi connectivity index (χ1v) is 9.00. The van der Waals surface area contributed by atoms with Crippen LogP contribution in [0.2, 0.25) is 0 Å². The Morgan fingerprint density at radius 1 is 1.04 bits per heavy atom. The SMILES string of the molecule is Fc1c(CC/C=C/C2CCCC2)ccc(OCCC2CC2)c1F. The molecule has 0 bridgehead atoms. The lowest BCUT2D eigenvalue weighted by Gasteiger charge is -2.10. The molecule has 0 radical (unpaired) electrons. The molecule has 3 rings (SSSR count). The van der Waals surface area contributed by atoms with Crippen molar-refractivity contribution in [3.8, 4) is 5.75 Å². The number of halogens is 2. The van der Waals surface area contributed by atoms with Gasteiger partial charge in [-0.15, -0.1) is 0 Å². The van der Waals surface area contributed by atoms with Gasteiger partial charge in [0.2, 0.25) is 5.82 Å². The lowest BCUT2D eigenvalue weighted by molar-refractivity contribution is 0.282. The molecular formula is C20H26F2O. The van der Waals surface area contributed by atoms with E-state index < -0.39 is 11.6 Å². The van der Waals surface area contributed by atoms with Crippen molar-refractivity contribution in [3.05, 3.63) is 41.5 Å². The van der Waals surface area contributed by atoms with Crippen LogP contribution in [0.5, 0.6) is 5.75 Å². The number of allylic oxidation sites excluding steroid dienone is 2. The minimum atomic E-state index is -0.835. The fourth-order valence-electron chi connectivity index (χ4n) is 3.30. The zero-order valence-electron chi connectivity index (χ0n) is 13.7. The first-order chi connectivity index (χ1) is 11.2. The maximum atomic E-state index is 14.1. The minimum absolute atomic E-state index is 0.0494. The summed E-state index contributed by atoms with van der Waals surface area (Å²) in [6.45, 7) is 0.477. The minimum Gasteiger partial charge on any atom is -0.490 e. The van der Waals surface area contributed by atoms with Gasteiger partial charge in [0.1, 0.15) is 0 Å². The largest absolute Gasteiger partial charge is 0.490 e. The summed E-state index contributed by atoms with van der Waals surface area (Å²) in [5.74, 6) is -0.109. The summed E-state index contributed by atoms with van der Waals surface area (Å²) >= 11 is 0. The Hall–Kier alpha value is -1.38. The van der Waals surface area contributed by atoms with Gasteiger partial charge in [0.15, 0.2) is 11.6 Å². The number of ether oxygens (including phenoxy) is 1. The van der Waals surface area contributed by atoms with E-state index in [1.165, 1.54) is 38.5 Å². The number of hydrogen-bond acceptors (Lipinski definition) is 1. The molecule has 1 aromatic carbocycles. The van der Waals surface area contributed by atoms with Gasteiger partial charge in [-0.3, -0.25) is 0 Å². The zero-order valence-corrected chi connectivity index (χ0v) is 13.7. The third-order valence-electron chi connectivity index (χ3n) is 5.00. The normalized spacial score (nSPS) is 18.9. The van der Waals surface area contributed by atoms with E-state index in [4.69, 9.17) is 4.74 Å². The fraction of sp³-hybridized carbons (Fsp3) is 0.600. The summed E-state index contributed by atoms with van der Waals surface area (Å²) in [7, 11) is 0. The van der Waals surface area contributed by atoms with Crippen LogP contribution in [-0.2, 0) is 6.42 Å². The number of benzene rings is 1. The van der Waals surface area contributed by atoms with Crippen LogP contribution in [-0.4, -0.2) is 6.61 Å². The molecule has 2 fully saturated rings. The van der Waals surface area contributed by atoms with Crippen molar-refractivity contribution in [2.75, 3.05) is 6.61 Å². The molecule has 23 heavy (non-hydrogen) atoms. The molecule has 126 valence electrons. The van der Waals surface area contributed by atoms with Gasteiger partial charge in [-0.2, -0.15) is 4.39 Å². The molecule has 0 aromatic heterocycles. The summed E-state index contributed by atoms with van der Waals surface area (Å²) in [5.41, 5.74) is 0.438. The zero-order chi connectivity index (χ0) is 16.1. The summed E-state index contributed by atoms with van der Waals surface area (Å²) in [6.07, 6.45) is 14.3. The highest BCUT2D eigenvalue weighted by atomic mass is 19.2. The highest BCUT2D eigenvalue weighted by molar-refractivity contribution is 5.31. The Bertz CT molecular complexity index is 543. The second kappa shape index (κ2) is 7.94. The molecule has 0 unspecified atom stereocenters. The topological polar surface area (TPSA) is 9.23 Å². The molecule has 0 atom stereocenters. The lowest BCUT2D eigenvalue weighted by Crippen LogP contribution is -2.03. The second-order valence-corrected chi connectivity index (χ2v) is 6.94. The van der Waals surface area contributed by atoms with Crippen LogP contribution in [0.3, 0.4) is 0 Å². The Kier molecular flexibility index (Phi) is 5.69. The highest BCUT2D eigenvalue weighted by Gasteiger charge is 2.21. The molecule has 0 spiro atoms. The predicted molar refractivity (Wildman–Crippen MR) is 88.6 cm³/mol. The molecular weight excluding hydrogens is 294 g/mol. The second-order valence-electron chi connectivity index (χ2n) is 6.94. The van der Waals surface area contributed by atoms with Gasteiger partial charge < -0.3 is 4.74 Å². The molecule has 0 saturated heterocycles. The van der Waals surface area contributed by atoms with E-state index in [-0.39, 0.29) is 5.75 Å². The van der Waals surface area contributed by atoms with Crippen molar-refractivity contribution in [1.29, 1.82) is 0 Å². The third-order valence-corrected chi connectivity index (χ3v) is 5.00. The van der Waals surface area contributed by atoms with Gasteiger partial charge in [0, 0.05) is 0 Å². The third kappa shape index (κ3) is 4.79. The summed E-state index contributed by atoms with van der Waals surface area (Å²) in [4.78, 5) is 0. The van der Waals surface area contributed by atoms with Crippen LogP contribution in [0.4, 0.5) is 8.78 Å². The molecule has 1 nitrogen and oxygen atoms in total. The van der Waals surface area contributed by atoms with Gasteiger partial charge in [-0.05, 0) is 55.6 Å².